The average Bonchev–Trinajstić information content (AvgIpc) is 2.38. The standard InChI is InChI=1S/C12H18N2O4S2/c1-14(2)20(17,18)10-5-3-4-9(6-10)7-19-8-11(13)12(15)16/h3-6,11H,7-8,13H2,1-2H3,(H,15,16)/t11-/m0/s1. The maximum absolute atomic E-state index is 12.0. The largest absolute Gasteiger partial charge is 0.480 e. The van der Waals surface area contributed by atoms with Crippen LogP contribution in [0, 0.1) is 0 Å². The number of nitrogens with zero attached hydrogens (tertiary/aromatic N) is 1. The Kier molecular flexibility index (Phi) is 6.00. The molecule has 0 amide bonds. The van der Waals surface area contributed by atoms with Gasteiger partial charge < -0.3 is 10.8 Å². The number of hydrogen-bond donors (Lipinski definition) is 2. The lowest BCUT2D eigenvalue weighted by atomic mass is 10.2. The molecule has 8 heteroatoms. The summed E-state index contributed by atoms with van der Waals surface area (Å²) in [5.74, 6) is -0.251. The summed E-state index contributed by atoms with van der Waals surface area (Å²) in [6, 6.07) is 5.69. The van der Waals surface area contributed by atoms with Crippen LogP contribution in [0.1, 0.15) is 5.56 Å². The molecule has 1 aromatic rings. The van der Waals surface area contributed by atoms with Crippen molar-refractivity contribution in [1.29, 1.82) is 0 Å². The summed E-state index contributed by atoms with van der Waals surface area (Å²) < 4.78 is 25.1. The van der Waals surface area contributed by atoms with Gasteiger partial charge in [-0.1, -0.05) is 12.1 Å². The summed E-state index contributed by atoms with van der Waals surface area (Å²) in [6.45, 7) is 0. The third-order valence-electron chi connectivity index (χ3n) is 2.56. The molecule has 0 bridgehead atoms. The molecule has 0 unspecified atom stereocenters. The van der Waals surface area contributed by atoms with Crippen molar-refractivity contribution in [3.8, 4) is 0 Å². The number of hydrogen-bond acceptors (Lipinski definition) is 5. The molecule has 1 rings (SSSR count). The van der Waals surface area contributed by atoms with E-state index in [1.165, 1.54) is 31.9 Å². The monoisotopic (exact) mass is 318 g/mol. The molecule has 0 heterocycles. The maximum atomic E-state index is 12.0. The van der Waals surface area contributed by atoms with Gasteiger partial charge in [-0.3, -0.25) is 4.79 Å². The highest BCUT2D eigenvalue weighted by atomic mass is 32.2. The summed E-state index contributed by atoms with van der Waals surface area (Å²) in [4.78, 5) is 10.8. The Labute approximate surface area is 123 Å². The number of carboxylic acids is 1. The molecule has 20 heavy (non-hydrogen) atoms. The van der Waals surface area contributed by atoms with Crippen molar-refractivity contribution >= 4 is 27.8 Å². The van der Waals surface area contributed by atoms with Crippen molar-refractivity contribution in [2.45, 2.75) is 16.7 Å². The van der Waals surface area contributed by atoms with E-state index in [-0.39, 0.29) is 10.6 Å². The van der Waals surface area contributed by atoms with Crippen LogP contribution in [0.2, 0.25) is 0 Å². The first-order valence-electron chi connectivity index (χ1n) is 5.82. The van der Waals surface area contributed by atoms with Gasteiger partial charge in [-0.25, -0.2) is 12.7 Å². The van der Waals surface area contributed by atoms with Crippen LogP contribution in [0.25, 0.3) is 0 Å². The molecule has 0 saturated heterocycles. The molecule has 3 N–H and O–H groups in total. The van der Waals surface area contributed by atoms with Gasteiger partial charge in [0.05, 0.1) is 4.90 Å². The van der Waals surface area contributed by atoms with E-state index in [4.69, 9.17) is 10.8 Å². The zero-order valence-electron chi connectivity index (χ0n) is 11.3. The fraction of sp³-hybridized carbons (Fsp3) is 0.417. The Morgan fingerprint density at radius 1 is 1.45 bits per heavy atom. The molecule has 0 aliphatic carbocycles. The van der Waals surface area contributed by atoms with Crippen molar-refractivity contribution in [2.24, 2.45) is 5.73 Å². The number of carboxylic acid groups (broad SMARTS) is 1. The number of thioether (sulfide) groups is 1. The van der Waals surface area contributed by atoms with E-state index in [9.17, 15) is 13.2 Å². The molecule has 0 aliphatic heterocycles. The summed E-state index contributed by atoms with van der Waals surface area (Å²) in [7, 11) is -0.499. The van der Waals surface area contributed by atoms with Crippen LogP contribution in [0.3, 0.4) is 0 Å². The molecule has 112 valence electrons. The molecular formula is C12H18N2O4S2. The van der Waals surface area contributed by atoms with Crippen LogP contribution in [-0.4, -0.2) is 49.7 Å². The lowest BCUT2D eigenvalue weighted by molar-refractivity contribution is -0.137. The van der Waals surface area contributed by atoms with Crippen molar-refractivity contribution in [2.75, 3.05) is 19.8 Å². The van der Waals surface area contributed by atoms with Gasteiger partial charge in [0, 0.05) is 25.6 Å². The molecule has 0 radical (unpaired) electrons. The van der Waals surface area contributed by atoms with E-state index in [0.29, 0.717) is 5.75 Å². The quantitative estimate of drug-likeness (QED) is 0.763. The van der Waals surface area contributed by atoms with Gasteiger partial charge in [0.25, 0.3) is 0 Å². The van der Waals surface area contributed by atoms with Gasteiger partial charge in [0.15, 0.2) is 0 Å². The first-order valence-corrected chi connectivity index (χ1v) is 8.42. The van der Waals surface area contributed by atoms with Crippen molar-refractivity contribution < 1.29 is 18.3 Å². The van der Waals surface area contributed by atoms with E-state index >= 15 is 0 Å². The number of carbonyl (C=O) groups is 1. The number of nitrogens with two attached hydrogens (primary N) is 1. The molecule has 0 saturated carbocycles. The molecule has 0 aromatic heterocycles. The van der Waals surface area contributed by atoms with Crippen molar-refractivity contribution in [1.82, 2.24) is 4.31 Å². The minimum absolute atomic E-state index is 0.225. The van der Waals surface area contributed by atoms with E-state index < -0.39 is 22.0 Å². The fourth-order valence-corrected chi connectivity index (χ4v) is 3.28. The van der Waals surface area contributed by atoms with E-state index in [0.717, 1.165) is 9.87 Å². The lowest BCUT2D eigenvalue weighted by Crippen LogP contribution is -2.32. The average molecular weight is 318 g/mol. The van der Waals surface area contributed by atoms with Crippen LogP contribution >= 0.6 is 11.8 Å². The van der Waals surface area contributed by atoms with Gasteiger partial charge in [0.2, 0.25) is 10.0 Å². The van der Waals surface area contributed by atoms with Crippen LogP contribution in [-0.2, 0) is 20.6 Å². The van der Waals surface area contributed by atoms with Crippen molar-refractivity contribution in [3.05, 3.63) is 29.8 Å². The molecule has 0 spiro atoms. The summed E-state index contributed by atoms with van der Waals surface area (Å²) >= 11 is 1.36. The maximum Gasteiger partial charge on any atom is 0.321 e. The van der Waals surface area contributed by atoms with E-state index in [1.54, 1.807) is 18.2 Å². The molecular weight excluding hydrogens is 300 g/mol. The van der Waals surface area contributed by atoms with Crippen LogP contribution in [0.15, 0.2) is 29.2 Å². The number of aliphatic carboxylic acids is 1. The highest BCUT2D eigenvalue weighted by Crippen LogP contribution is 2.18. The van der Waals surface area contributed by atoms with E-state index in [1.807, 2.05) is 0 Å². The summed E-state index contributed by atoms with van der Waals surface area (Å²) in [5.41, 5.74) is 6.21. The zero-order chi connectivity index (χ0) is 15.3. The molecule has 0 aliphatic rings. The third kappa shape index (κ3) is 4.48. The lowest BCUT2D eigenvalue weighted by Gasteiger charge is -2.12. The van der Waals surface area contributed by atoms with Crippen LogP contribution in [0.5, 0.6) is 0 Å². The molecule has 0 fully saturated rings. The fourth-order valence-electron chi connectivity index (χ4n) is 1.38. The van der Waals surface area contributed by atoms with Gasteiger partial charge in [-0.05, 0) is 17.7 Å². The number of rotatable bonds is 7. The number of sulfonamides is 1. The highest BCUT2D eigenvalue weighted by molar-refractivity contribution is 7.98. The smallest absolute Gasteiger partial charge is 0.321 e. The first kappa shape index (κ1) is 17.0. The Balaban J connectivity index is 2.73. The predicted molar refractivity (Wildman–Crippen MR) is 79.1 cm³/mol. The Morgan fingerprint density at radius 3 is 2.65 bits per heavy atom. The topological polar surface area (TPSA) is 101 Å². The van der Waals surface area contributed by atoms with Gasteiger partial charge in [0.1, 0.15) is 6.04 Å². The molecule has 1 atom stereocenters. The van der Waals surface area contributed by atoms with Crippen LogP contribution in [0.4, 0.5) is 0 Å². The second-order valence-corrected chi connectivity index (χ2v) is 7.58. The summed E-state index contributed by atoms with van der Waals surface area (Å²) in [6.07, 6.45) is 0. The first-order chi connectivity index (χ1) is 9.25. The third-order valence-corrected chi connectivity index (χ3v) is 5.50. The second-order valence-electron chi connectivity index (χ2n) is 4.39. The summed E-state index contributed by atoms with van der Waals surface area (Å²) in [5, 5.41) is 8.67. The minimum atomic E-state index is -3.45. The van der Waals surface area contributed by atoms with Crippen LogP contribution < -0.4 is 5.73 Å². The Hall–Kier alpha value is -1.09. The minimum Gasteiger partial charge on any atom is -0.480 e. The molecule has 6 nitrogen and oxygen atoms in total. The normalized spacial score (nSPS) is 13.4. The second kappa shape index (κ2) is 7.07. The highest BCUT2D eigenvalue weighted by Gasteiger charge is 2.17. The van der Waals surface area contributed by atoms with E-state index in [2.05, 4.69) is 0 Å². The van der Waals surface area contributed by atoms with Gasteiger partial charge >= 0.3 is 5.97 Å². The van der Waals surface area contributed by atoms with Gasteiger partial charge in [-0.2, -0.15) is 11.8 Å². The molecule has 1 aromatic carbocycles. The number of benzene rings is 1. The predicted octanol–water partition coefficient (Wildman–Crippen LogP) is 0.582. The Bertz CT molecular complexity index is 573. The SMILES string of the molecule is CN(C)S(=O)(=O)c1cccc(CSC[C@H](N)C(=O)O)c1. The Morgan fingerprint density at radius 2 is 2.10 bits per heavy atom. The van der Waals surface area contributed by atoms with Gasteiger partial charge in [-0.15, -0.1) is 0 Å². The zero-order valence-corrected chi connectivity index (χ0v) is 12.9. The van der Waals surface area contributed by atoms with Crippen molar-refractivity contribution in [3.63, 3.8) is 0 Å².